The van der Waals surface area contributed by atoms with Gasteiger partial charge in [-0.3, -0.25) is 24.5 Å². The molecule has 8 heteroatoms. The molecule has 0 spiro atoms. The van der Waals surface area contributed by atoms with E-state index in [-0.39, 0.29) is 30.7 Å². The fourth-order valence-electron chi connectivity index (χ4n) is 4.78. The number of para-hydroxylation sites is 1. The Balaban J connectivity index is 1.08. The van der Waals surface area contributed by atoms with E-state index in [0.717, 1.165) is 30.6 Å². The van der Waals surface area contributed by atoms with Gasteiger partial charge in [-0.25, -0.2) is 0 Å². The van der Waals surface area contributed by atoms with Crippen LogP contribution >= 0.6 is 0 Å². The monoisotopic (exact) mass is 496 g/mol. The van der Waals surface area contributed by atoms with Crippen molar-refractivity contribution >= 4 is 35.0 Å². The van der Waals surface area contributed by atoms with Crippen molar-refractivity contribution in [3.05, 3.63) is 95.1 Å². The molecule has 1 unspecified atom stereocenters. The highest BCUT2D eigenvalue weighted by atomic mass is 16.2. The lowest BCUT2D eigenvalue weighted by Gasteiger charge is -2.19. The molecule has 2 aliphatic heterocycles. The zero-order valence-electron chi connectivity index (χ0n) is 20.3. The summed E-state index contributed by atoms with van der Waals surface area (Å²) in [5.74, 6) is -2.36. The molecule has 0 radical (unpaired) electrons. The molecule has 3 aromatic rings. The van der Waals surface area contributed by atoms with Crippen LogP contribution in [0.5, 0.6) is 0 Å². The predicted octanol–water partition coefficient (Wildman–Crippen LogP) is 2.71. The van der Waals surface area contributed by atoms with Crippen molar-refractivity contribution in [3.63, 3.8) is 0 Å². The molecule has 37 heavy (non-hydrogen) atoms. The molecule has 1 saturated heterocycles. The van der Waals surface area contributed by atoms with Crippen molar-refractivity contribution in [1.82, 2.24) is 10.6 Å². The molecule has 1 atom stereocenters. The lowest BCUT2D eigenvalue weighted by atomic mass is 9.98. The summed E-state index contributed by atoms with van der Waals surface area (Å²) in [4.78, 5) is 50.0. The van der Waals surface area contributed by atoms with E-state index in [1.165, 1.54) is 16.8 Å². The van der Waals surface area contributed by atoms with E-state index in [9.17, 15) is 19.2 Å². The maximum absolute atomic E-state index is 12.3. The minimum absolute atomic E-state index is 0.188. The molecule has 0 saturated carbocycles. The first-order chi connectivity index (χ1) is 17.9. The third-order valence-corrected chi connectivity index (χ3v) is 6.80. The molecule has 0 aliphatic carbocycles. The highest BCUT2D eigenvalue weighted by molar-refractivity contribution is 6.39. The second kappa shape index (κ2) is 10.7. The van der Waals surface area contributed by atoms with Crippen molar-refractivity contribution in [3.8, 4) is 0 Å². The Morgan fingerprint density at radius 1 is 0.865 bits per heavy atom. The number of carbonyl (C=O) groups excluding carboxylic acids is 4. The topological polar surface area (TPSA) is 108 Å². The summed E-state index contributed by atoms with van der Waals surface area (Å²) >= 11 is 0. The number of hydrogen-bond acceptors (Lipinski definition) is 5. The molecule has 2 heterocycles. The van der Waals surface area contributed by atoms with Gasteiger partial charge in [-0.05, 0) is 53.3 Å². The molecule has 0 aromatic heterocycles. The maximum atomic E-state index is 12.3. The maximum Gasteiger partial charge on any atom is 0.313 e. The molecule has 0 bridgehead atoms. The highest BCUT2D eigenvalue weighted by Gasteiger charge is 2.30. The van der Waals surface area contributed by atoms with Gasteiger partial charge in [0.05, 0.1) is 5.92 Å². The molecule has 3 aromatic carbocycles. The fraction of sp³-hybridized carbons (Fsp3) is 0.241. The van der Waals surface area contributed by atoms with Crippen LogP contribution in [0.2, 0.25) is 0 Å². The molecule has 4 amide bonds. The summed E-state index contributed by atoms with van der Waals surface area (Å²) in [5, 5.41) is 7.54. The van der Waals surface area contributed by atoms with Crippen LogP contribution in [0.25, 0.3) is 0 Å². The summed E-state index contributed by atoms with van der Waals surface area (Å²) in [6.45, 7) is 2.09. The molecule has 188 valence electrons. The van der Waals surface area contributed by atoms with Gasteiger partial charge in [0.1, 0.15) is 0 Å². The van der Waals surface area contributed by atoms with Gasteiger partial charge in [-0.15, -0.1) is 0 Å². The zero-order valence-corrected chi connectivity index (χ0v) is 20.3. The van der Waals surface area contributed by atoms with Crippen LogP contribution in [0.1, 0.15) is 28.7 Å². The van der Waals surface area contributed by atoms with E-state index in [1.54, 1.807) is 24.3 Å². The average molecular weight is 497 g/mol. The Bertz CT molecular complexity index is 1330. The van der Waals surface area contributed by atoms with Crippen molar-refractivity contribution in [2.24, 2.45) is 5.92 Å². The third-order valence-electron chi connectivity index (χ3n) is 6.80. The Hall–Kier alpha value is -4.46. The second-order valence-electron chi connectivity index (χ2n) is 9.47. The van der Waals surface area contributed by atoms with E-state index < -0.39 is 11.8 Å². The first-order valence-corrected chi connectivity index (χ1v) is 12.4. The molecule has 2 aliphatic rings. The average Bonchev–Trinajstić information content (AvgIpc) is 3.46. The Labute approximate surface area is 215 Å². The number of fused-ring (bicyclic) bond motifs is 1. The Morgan fingerprint density at radius 2 is 1.57 bits per heavy atom. The molecule has 3 N–H and O–H groups in total. The number of nitrogens with one attached hydrogen (secondary N) is 3. The summed E-state index contributed by atoms with van der Waals surface area (Å²) < 4.78 is 0. The summed E-state index contributed by atoms with van der Waals surface area (Å²) in [5.41, 5.74) is 6.11. The Morgan fingerprint density at radius 3 is 2.30 bits per heavy atom. The first kappa shape index (κ1) is 24.2. The minimum atomic E-state index is -0.752. The second-order valence-corrected chi connectivity index (χ2v) is 9.47. The van der Waals surface area contributed by atoms with Gasteiger partial charge in [0.25, 0.3) is 0 Å². The number of amides is 4. The number of hydrogen-bond donors (Lipinski definition) is 3. The van der Waals surface area contributed by atoms with Gasteiger partial charge in [0.2, 0.25) is 11.8 Å². The van der Waals surface area contributed by atoms with Crippen LogP contribution in [0, 0.1) is 5.92 Å². The highest BCUT2D eigenvalue weighted by Crippen LogP contribution is 2.28. The van der Waals surface area contributed by atoms with Gasteiger partial charge in [-0.1, -0.05) is 54.6 Å². The minimum Gasteiger partial charge on any atom is -0.367 e. The van der Waals surface area contributed by atoms with Crippen LogP contribution in [0.15, 0.2) is 72.8 Å². The predicted molar refractivity (Wildman–Crippen MR) is 140 cm³/mol. The number of rotatable bonds is 7. The normalized spacial score (nSPS) is 16.3. The van der Waals surface area contributed by atoms with Gasteiger partial charge in [-0.2, -0.15) is 0 Å². The Kier molecular flexibility index (Phi) is 6.98. The number of carbonyl (C=O) groups is 4. The largest absolute Gasteiger partial charge is 0.367 e. The van der Waals surface area contributed by atoms with Crippen LogP contribution in [-0.2, 0) is 45.1 Å². The smallest absolute Gasteiger partial charge is 0.313 e. The molecule has 8 nitrogen and oxygen atoms in total. The van der Waals surface area contributed by atoms with Gasteiger partial charge in [0, 0.05) is 37.4 Å². The van der Waals surface area contributed by atoms with Gasteiger partial charge >= 0.3 is 11.8 Å². The quantitative estimate of drug-likeness (QED) is 0.344. The summed E-state index contributed by atoms with van der Waals surface area (Å²) in [6.07, 6.45) is 1.69. The lowest BCUT2D eigenvalue weighted by molar-refractivity contribution is -0.136. The first-order valence-electron chi connectivity index (χ1n) is 12.4. The van der Waals surface area contributed by atoms with E-state index in [1.807, 2.05) is 12.1 Å². The van der Waals surface area contributed by atoms with Crippen LogP contribution in [0.4, 0.5) is 11.4 Å². The van der Waals surface area contributed by atoms with Crippen molar-refractivity contribution < 1.29 is 19.2 Å². The van der Waals surface area contributed by atoms with Crippen LogP contribution in [0.3, 0.4) is 0 Å². The fourth-order valence-corrected chi connectivity index (χ4v) is 4.78. The van der Waals surface area contributed by atoms with E-state index in [4.69, 9.17) is 0 Å². The molecule has 1 fully saturated rings. The molecule has 5 rings (SSSR count). The molecular weight excluding hydrogens is 468 g/mol. The molecular formula is C29H28N4O4. The number of benzene rings is 3. The summed E-state index contributed by atoms with van der Waals surface area (Å²) in [7, 11) is 0. The van der Waals surface area contributed by atoms with Crippen LogP contribution in [-0.4, -0.2) is 30.2 Å². The number of nitrogens with zero attached hydrogens (tertiary/aromatic N) is 1. The van der Waals surface area contributed by atoms with Crippen molar-refractivity contribution in [2.75, 3.05) is 16.8 Å². The van der Waals surface area contributed by atoms with Crippen molar-refractivity contribution in [1.29, 1.82) is 0 Å². The standard InChI is InChI=1S/C29H28N4O4/c34-26-16-23(27(35)32-26)15-19-9-11-24(12-10-19)31-29(37)28(36)30-17-20-5-7-21(8-6-20)18-33-14-13-22-3-1-2-4-25(22)33/h1-12,23H,13-18H2,(H,30,36)(H,31,37)(H,32,34,35). The van der Waals surface area contributed by atoms with Gasteiger partial charge in [0.15, 0.2) is 0 Å². The third kappa shape index (κ3) is 5.86. The van der Waals surface area contributed by atoms with Gasteiger partial charge < -0.3 is 15.5 Å². The lowest BCUT2D eigenvalue weighted by Crippen LogP contribution is -2.34. The van der Waals surface area contributed by atoms with E-state index >= 15 is 0 Å². The summed E-state index contributed by atoms with van der Waals surface area (Å²) in [6, 6.07) is 23.4. The SMILES string of the molecule is O=C1CC(Cc2ccc(NC(=O)C(=O)NCc3ccc(CN4CCc5ccccc54)cc3)cc2)C(=O)N1. The zero-order chi connectivity index (χ0) is 25.8. The van der Waals surface area contributed by atoms with E-state index in [2.05, 4.69) is 57.2 Å². The van der Waals surface area contributed by atoms with Crippen molar-refractivity contribution in [2.45, 2.75) is 32.4 Å². The van der Waals surface area contributed by atoms with E-state index in [0.29, 0.717) is 12.1 Å². The number of imide groups is 1. The van der Waals surface area contributed by atoms with Crippen LogP contribution < -0.4 is 20.9 Å². The number of anilines is 2.